The first kappa shape index (κ1) is 14.5. The molecule has 0 saturated heterocycles. The number of nitrogens with two attached hydrogens (primary N) is 1. The van der Waals surface area contributed by atoms with Crippen molar-refractivity contribution in [3.63, 3.8) is 0 Å². The summed E-state index contributed by atoms with van der Waals surface area (Å²) in [7, 11) is 1.82. The summed E-state index contributed by atoms with van der Waals surface area (Å²) < 4.78 is 5.94. The van der Waals surface area contributed by atoms with Gasteiger partial charge in [0.25, 0.3) is 0 Å². The van der Waals surface area contributed by atoms with Gasteiger partial charge in [0.2, 0.25) is 0 Å². The van der Waals surface area contributed by atoms with Gasteiger partial charge in [-0.15, -0.1) is 11.3 Å². The molecular weight excluding hydrogens is 280 g/mol. The van der Waals surface area contributed by atoms with Gasteiger partial charge in [0.1, 0.15) is 10.6 Å². The normalized spacial score (nSPS) is 18.3. The van der Waals surface area contributed by atoms with Gasteiger partial charge in [0.05, 0.1) is 5.69 Å². The van der Waals surface area contributed by atoms with Gasteiger partial charge in [-0.3, -0.25) is 0 Å². The molecule has 4 heteroatoms. The zero-order chi connectivity index (χ0) is 14.7. The van der Waals surface area contributed by atoms with Crippen LogP contribution < -0.4 is 5.73 Å². The molecule has 0 unspecified atom stereocenters. The molecule has 3 nitrogen and oxygen atoms in total. The van der Waals surface area contributed by atoms with E-state index in [-0.39, 0.29) is 5.60 Å². The largest absolute Gasteiger partial charge is 0.398 e. The lowest BCUT2D eigenvalue weighted by Crippen LogP contribution is -2.27. The second-order valence-corrected chi connectivity index (χ2v) is 6.60. The molecule has 0 aliphatic heterocycles. The molecule has 2 aromatic rings. The highest BCUT2D eigenvalue weighted by Gasteiger charge is 2.35. The van der Waals surface area contributed by atoms with Crippen LogP contribution in [0.15, 0.2) is 29.6 Å². The van der Waals surface area contributed by atoms with Crippen molar-refractivity contribution in [3.8, 4) is 11.3 Å². The summed E-state index contributed by atoms with van der Waals surface area (Å²) in [5.41, 5.74) is 8.63. The predicted molar refractivity (Wildman–Crippen MR) is 88.4 cm³/mol. The van der Waals surface area contributed by atoms with E-state index < -0.39 is 0 Å². The molecule has 0 amide bonds. The molecule has 0 radical (unpaired) electrons. The van der Waals surface area contributed by atoms with Gasteiger partial charge < -0.3 is 10.5 Å². The Morgan fingerprint density at radius 2 is 1.86 bits per heavy atom. The van der Waals surface area contributed by atoms with Crippen molar-refractivity contribution in [2.75, 3.05) is 12.8 Å². The van der Waals surface area contributed by atoms with Gasteiger partial charge >= 0.3 is 0 Å². The summed E-state index contributed by atoms with van der Waals surface area (Å²) in [5.74, 6) is 0. The third kappa shape index (κ3) is 2.83. The number of anilines is 1. The van der Waals surface area contributed by atoms with Crippen LogP contribution in [0.5, 0.6) is 0 Å². The Morgan fingerprint density at radius 1 is 1.14 bits per heavy atom. The highest BCUT2D eigenvalue weighted by Crippen LogP contribution is 2.41. The molecule has 1 fully saturated rings. The standard InChI is InChI=1S/C17H22N2OS/c1-20-17(10-6-2-3-7-11-17)16-19-15(12-21-16)13-8-4-5-9-14(13)18/h4-5,8-9,12H,2-3,6-7,10-11,18H2,1H3. The predicted octanol–water partition coefficient (Wildman–Crippen LogP) is 4.59. The molecule has 1 saturated carbocycles. The summed E-state index contributed by atoms with van der Waals surface area (Å²) >= 11 is 1.70. The van der Waals surface area contributed by atoms with Crippen LogP contribution in [0.1, 0.15) is 43.5 Å². The molecule has 112 valence electrons. The van der Waals surface area contributed by atoms with Crippen LogP contribution in [0.3, 0.4) is 0 Å². The van der Waals surface area contributed by atoms with Crippen LogP contribution in [0.25, 0.3) is 11.3 Å². The number of rotatable bonds is 3. The van der Waals surface area contributed by atoms with Gasteiger partial charge in [-0.2, -0.15) is 0 Å². The van der Waals surface area contributed by atoms with Crippen LogP contribution >= 0.6 is 11.3 Å². The SMILES string of the molecule is COC1(c2nc(-c3ccccc3N)cs2)CCCCCC1. The summed E-state index contributed by atoms with van der Waals surface area (Å²) in [6, 6.07) is 7.91. The molecule has 1 heterocycles. The minimum absolute atomic E-state index is 0.192. The van der Waals surface area contributed by atoms with Crippen LogP contribution in [-0.2, 0) is 10.3 Å². The summed E-state index contributed by atoms with van der Waals surface area (Å²) in [6.45, 7) is 0. The zero-order valence-electron chi connectivity index (χ0n) is 12.5. The van der Waals surface area contributed by atoms with E-state index in [1.54, 1.807) is 11.3 Å². The second kappa shape index (κ2) is 6.16. The van der Waals surface area contributed by atoms with E-state index in [0.29, 0.717) is 0 Å². The van der Waals surface area contributed by atoms with Crippen LogP contribution in [0, 0.1) is 0 Å². The summed E-state index contributed by atoms with van der Waals surface area (Å²) in [4.78, 5) is 4.86. The molecular formula is C17H22N2OS. The highest BCUT2D eigenvalue weighted by molar-refractivity contribution is 7.10. The summed E-state index contributed by atoms with van der Waals surface area (Å²) in [6.07, 6.45) is 7.18. The number of para-hydroxylation sites is 1. The van der Waals surface area contributed by atoms with Crippen LogP contribution in [0.2, 0.25) is 0 Å². The number of ether oxygens (including phenoxy) is 1. The maximum Gasteiger partial charge on any atom is 0.125 e. The third-order valence-electron chi connectivity index (χ3n) is 4.43. The molecule has 0 bridgehead atoms. The van der Waals surface area contributed by atoms with E-state index in [9.17, 15) is 0 Å². The van der Waals surface area contributed by atoms with E-state index in [1.807, 2.05) is 31.4 Å². The van der Waals surface area contributed by atoms with E-state index in [1.165, 1.54) is 25.7 Å². The van der Waals surface area contributed by atoms with Crippen molar-refractivity contribution in [2.45, 2.75) is 44.1 Å². The minimum atomic E-state index is -0.192. The fraction of sp³-hybridized carbons (Fsp3) is 0.471. The molecule has 1 aliphatic rings. The molecule has 1 aliphatic carbocycles. The Balaban J connectivity index is 1.95. The third-order valence-corrected chi connectivity index (χ3v) is 5.46. The van der Waals surface area contributed by atoms with Crippen molar-refractivity contribution in [3.05, 3.63) is 34.7 Å². The Kier molecular flexibility index (Phi) is 4.27. The van der Waals surface area contributed by atoms with Gasteiger partial charge in [-0.25, -0.2) is 4.98 Å². The first-order chi connectivity index (χ1) is 10.2. The average Bonchev–Trinajstić information content (AvgIpc) is 2.87. The van der Waals surface area contributed by atoms with Crippen LogP contribution in [0.4, 0.5) is 5.69 Å². The van der Waals surface area contributed by atoms with E-state index in [4.69, 9.17) is 15.5 Å². The number of hydrogen-bond acceptors (Lipinski definition) is 4. The number of methoxy groups -OCH3 is 1. The Hall–Kier alpha value is -1.39. The maximum absolute atomic E-state index is 6.06. The monoisotopic (exact) mass is 302 g/mol. The molecule has 1 aromatic heterocycles. The lowest BCUT2D eigenvalue weighted by Gasteiger charge is -2.29. The smallest absolute Gasteiger partial charge is 0.125 e. The van der Waals surface area contributed by atoms with Gasteiger partial charge in [0, 0.05) is 23.7 Å². The maximum atomic E-state index is 6.06. The molecule has 2 N–H and O–H groups in total. The lowest BCUT2D eigenvalue weighted by atomic mass is 9.95. The summed E-state index contributed by atoms with van der Waals surface area (Å²) in [5, 5.41) is 3.21. The van der Waals surface area contributed by atoms with Gasteiger partial charge in [-0.05, 0) is 18.9 Å². The number of nitrogen functional groups attached to an aromatic ring is 1. The number of nitrogens with zero attached hydrogens (tertiary/aromatic N) is 1. The van der Waals surface area contributed by atoms with E-state index in [2.05, 4.69) is 5.38 Å². The highest BCUT2D eigenvalue weighted by atomic mass is 32.1. The molecule has 0 atom stereocenters. The topological polar surface area (TPSA) is 48.1 Å². The van der Waals surface area contributed by atoms with Crippen molar-refractivity contribution in [2.24, 2.45) is 0 Å². The number of thiazole rings is 1. The number of hydrogen-bond donors (Lipinski definition) is 1. The molecule has 3 rings (SSSR count). The van der Waals surface area contributed by atoms with Crippen molar-refractivity contribution in [1.29, 1.82) is 0 Å². The Morgan fingerprint density at radius 3 is 2.52 bits per heavy atom. The fourth-order valence-corrected chi connectivity index (χ4v) is 4.20. The Bertz CT molecular complexity index is 600. The van der Waals surface area contributed by atoms with Crippen molar-refractivity contribution >= 4 is 17.0 Å². The lowest BCUT2D eigenvalue weighted by molar-refractivity contribution is -0.0279. The number of aromatic nitrogens is 1. The molecule has 21 heavy (non-hydrogen) atoms. The fourth-order valence-electron chi connectivity index (χ4n) is 3.14. The van der Waals surface area contributed by atoms with Gasteiger partial charge in [0.15, 0.2) is 0 Å². The first-order valence-electron chi connectivity index (χ1n) is 7.61. The average molecular weight is 302 g/mol. The van der Waals surface area contributed by atoms with Crippen molar-refractivity contribution in [1.82, 2.24) is 4.98 Å². The van der Waals surface area contributed by atoms with E-state index >= 15 is 0 Å². The first-order valence-corrected chi connectivity index (χ1v) is 8.49. The van der Waals surface area contributed by atoms with Crippen LogP contribution in [-0.4, -0.2) is 12.1 Å². The second-order valence-electron chi connectivity index (χ2n) is 5.74. The molecule has 0 spiro atoms. The zero-order valence-corrected chi connectivity index (χ0v) is 13.3. The van der Waals surface area contributed by atoms with E-state index in [0.717, 1.165) is 34.8 Å². The molecule has 1 aromatic carbocycles. The minimum Gasteiger partial charge on any atom is -0.398 e. The van der Waals surface area contributed by atoms with Gasteiger partial charge in [-0.1, -0.05) is 43.9 Å². The van der Waals surface area contributed by atoms with Crippen molar-refractivity contribution < 1.29 is 4.74 Å². The Labute approximate surface area is 130 Å². The number of benzene rings is 1. The quantitative estimate of drug-likeness (QED) is 0.666.